The van der Waals surface area contributed by atoms with E-state index in [4.69, 9.17) is 23.8 Å². The molecule has 1 atom stereocenters. The van der Waals surface area contributed by atoms with E-state index in [0.717, 1.165) is 18.2 Å². The number of hydrogen-bond donors (Lipinski definition) is 2. The molecule has 5 aromatic rings. The normalized spacial score (nSPS) is 11.3. The van der Waals surface area contributed by atoms with Crippen LogP contribution in [0.1, 0.15) is 39.5 Å². The van der Waals surface area contributed by atoms with Gasteiger partial charge in [-0.1, -0.05) is 29.4 Å². The fourth-order valence-electron chi connectivity index (χ4n) is 4.07. The standard InChI is InChI=1S/C29H16ClF2N5O/c1-2-17-12-24(30)23-16-37(36-26(23)13-17)27(21-14-18(31)8-9-25(21)32)7-5-3-4-6-19-20-10-11-34-29(20)35-15-22(19)28(33)38/h1,8-16,27H,7H2,(H2,33,38)(H,34,35). The quantitative estimate of drug-likeness (QED) is 0.326. The molecule has 3 heterocycles. The Labute approximate surface area is 220 Å². The maximum Gasteiger partial charge on any atom is 0.251 e. The first-order valence-corrected chi connectivity index (χ1v) is 11.6. The van der Waals surface area contributed by atoms with E-state index in [2.05, 4.69) is 44.7 Å². The number of H-pyrrole nitrogens is 1. The zero-order chi connectivity index (χ0) is 26.8. The van der Waals surface area contributed by atoms with Gasteiger partial charge < -0.3 is 10.7 Å². The number of pyridine rings is 1. The van der Waals surface area contributed by atoms with Crippen LogP contribution >= 0.6 is 11.6 Å². The van der Waals surface area contributed by atoms with E-state index in [0.29, 0.717) is 38.1 Å². The van der Waals surface area contributed by atoms with Gasteiger partial charge in [0.25, 0.3) is 5.91 Å². The zero-order valence-electron chi connectivity index (χ0n) is 19.5. The number of carbonyl (C=O) groups is 1. The molecular weight excluding hydrogens is 508 g/mol. The lowest BCUT2D eigenvalue weighted by Gasteiger charge is -2.16. The summed E-state index contributed by atoms with van der Waals surface area (Å²) in [6, 6.07) is 7.44. The van der Waals surface area contributed by atoms with Crippen molar-refractivity contribution in [2.75, 3.05) is 0 Å². The van der Waals surface area contributed by atoms with Gasteiger partial charge in [0.15, 0.2) is 0 Å². The molecular formula is C29H16ClF2N5O. The number of amides is 1. The highest BCUT2D eigenvalue weighted by Gasteiger charge is 2.20. The number of primary amides is 1. The Morgan fingerprint density at radius 1 is 1.18 bits per heavy atom. The van der Waals surface area contributed by atoms with Crippen molar-refractivity contribution >= 4 is 39.4 Å². The highest BCUT2D eigenvalue weighted by atomic mass is 35.5. The number of aromatic nitrogens is 4. The molecule has 1 amide bonds. The monoisotopic (exact) mass is 523 g/mol. The SMILES string of the molecule is C#Cc1cc(Cl)c2cn(C(CC#CC#Cc3c(C(N)=O)cnc4[nH]ccc34)c3cc(F)ccc3F)nc2c1. The van der Waals surface area contributed by atoms with Gasteiger partial charge in [-0.15, -0.1) is 6.42 Å². The number of aromatic amines is 1. The molecule has 3 N–H and O–H groups in total. The van der Waals surface area contributed by atoms with E-state index >= 15 is 0 Å². The first-order chi connectivity index (χ1) is 18.4. The Morgan fingerprint density at radius 2 is 2.03 bits per heavy atom. The number of benzene rings is 2. The summed E-state index contributed by atoms with van der Waals surface area (Å²) in [7, 11) is 0. The van der Waals surface area contributed by atoms with Crippen LogP contribution in [0.15, 0.2) is 55.0 Å². The molecule has 0 aliphatic rings. The molecule has 0 spiro atoms. The Kier molecular flexibility index (Phi) is 6.54. The van der Waals surface area contributed by atoms with Gasteiger partial charge in [-0.3, -0.25) is 9.48 Å². The number of nitrogens with two attached hydrogens (primary N) is 1. The average Bonchev–Trinajstić information content (AvgIpc) is 3.55. The Morgan fingerprint density at radius 3 is 2.82 bits per heavy atom. The molecule has 0 aliphatic heterocycles. The maximum atomic E-state index is 14.8. The van der Waals surface area contributed by atoms with Crippen LogP contribution in [0.5, 0.6) is 0 Å². The summed E-state index contributed by atoms with van der Waals surface area (Å²) in [5, 5.41) is 6.13. The molecule has 0 fully saturated rings. The fourth-order valence-corrected chi connectivity index (χ4v) is 4.34. The summed E-state index contributed by atoms with van der Waals surface area (Å²) in [6.45, 7) is 0. The van der Waals surface area contributed by atoms with Gasteiger partial charge in [0.05, 0.1) is 27.7 Å². The van der Waals surface area contributed by atoms with Crippen LogP contribution in [-0.4, -0.2) is 25.7 Å². The zero-order valence-corrected chi connectivity index (χ0v) is 20.3. The minimum atomic E-state index is -0.795. The van der Waals surface area contributed by atoms with Gasteiger partial charge in [0.2, 0.25) is 0 Å². The number of halogens is 3. The summed E-state index contributed by atoms with van der Waals surface area (Å²) in [6.07, 6.45) is 10.2. The number of hydrogen-bond acceptors (Lipinski definition) is 3. The second-order valence-corrected chi connectivity index (χ2v) is 8.64. The van der Waals surface area contributed by atoms with Crippen molar-refractivity contribution < 1.29 is 13.6 Å². The number of terminal acetylenes is 1. The summed E-state index contributed by atoms with van der Waals surface area (Å²) >= 11 is 6.36. The second kappa shape index (κ2) is 10.1. The van der Waals surface area contributed by atoms with Crippen LogP contribution in [0.25, 0.3) is 21.9 Å². The Bertz CT molecular complexity index is 1910. The lowest BCUT2D eigenvalue weighted by Crippen LogP contribution is -2.13. The molecule has 0 radical (unpaired) electrons. The van der Waals surface area contributed by atoms with Gasteiger partial charge >= 0.3 is 0 Å². The van der Waals surface area contributed by atoms with Crippen LogP contribution in [-0.2, 0) is 0 Å². The summed E-state index contributed by atoms with van der Waals surface area (Å²) < 4.78 is 30.4. The van der Waals surface area contributed by atoms with E-state index in [1.807, 2.05) is 0 Å². The third-order valence-corrected chi connectivity index (χ3v) is 6.19. The van der Waals surface area contributed by atoms with E-state index in [1.54, 1.807) is 30.6 Å². The molecule has 0 bridgehead atoms. The third-order valence-electron chi connectivity index (χ3n) is 5.88. The van der Waals surface area contributed by atoms with Crippen molar-refractivity contribution in [2.45, 2.75) is 12.5 Å². The topological polar surface area (TPSA) is 89.6 Å². The Hall–Kier alpha value is -5.10. The van der Waals surface area contributed by atoms with E-state index < -0.39 is 23.6 Å². The second-order valence-electron chi connectivity index (χ2n) is 8.23. The van der Waals surface area contributed by atoms with Gasteiger partial charge in [-0.25, -0.2) is 13.8 Å². The predicted octanol–water partition coefficient (Wildman–Crippen LogP) is 4.96. The van der Waals surface area contributed by atoms with Crippen molar-refractivity contribution in [1.29, 1.82) is 0 Å². The molecule has 5 rings (SSSR count). The molecule has 9 heteroatoms. The number of nitrogens with zero attached hydrogens (tertiary/aromatic N) is 3. The Balaban J connectivity index is 1.54. The molecule has 2 aromatic carbocycles. The van der Waals surface area contributed by atoms with Gasteiger partial charge in [-0.05, 0) is 48.2 Å². The van der Waals surface area contributed by atoms with E-state index in [9.17, 15) is 13.6 Å². The van der Waals surface area contributed by atoms with Crippen molar-refractivity contribution in [3.8, 4) is 36.0 Å². The van der Waals surface area contributed by atoms with Gasteiger partial charge in [0.1, 0.15) is 17.3 Å². The molecule has 184 valence electrons. The maximum absolute atomic E-state index is 14.8. The van der Waals surface area contributed by atoms with Crippen molar-refractivity contribution in [1.82, 2.24) is 19.7 Å². The summed E-state index contributed by atoms with van der Waals surface area (Å²) in [4.78, 5) is 18.9. The van der Waals surface area contributed by atoms with E-state index in [-0.39, 0.29) is 17.5 Å². The third kappa shape index (κ3) is 4.67. The molecule has 1 unspecified atom stereocenters. The van der Waals surface area contributed by atoms with Crippen molar-refractivity contribution in [2.24, 2.45) is 5.73 Å². The number of nitrogens with one attached hydrogen (secondary N) is 1. The number of rotatable bonds is 4. The minimum absolute atomic E-state index is 0.0429. The number of fused-ring (bicyclic) bond motifs is 2. The summed E-state index contributed by atoms with van der Waals surface area (Å²) in [5.41, 5.74) is 7.69. The highest BCUT2D eigenvalue weighted by Crippen LogP contribution is 2.30. The molecule has 38 heavy (non-hydrogen) atoms. The van der Waals surface area contributed by atoms with Crippen molar-refractivity contribution in [3.63, 3.8) is 0 Å². The lowest BCUT2D eigenvalue weighted by molar-refractivity contribution is 0.1000. The van der Waals surface area contributed by atoms with Crippen LogP contribution < -0.4 is 5.73 Å². The highest BCUT2D eigenvalue weighted by molar-refractivity contribution is 6.35. The first kappa shape index (κ1) is 24.6. The molecule has 0 saturated heterocycles. The molecule has 0 aliphatic carbocycles. The van der Waals surface area contributed by atoms with Crippen molar-refractivity contribution in [3.05, 3.63) is 93.9 Å². The lowest BCUT2D eigenvalue weighted by atomic mass is 10.0. The van der Waals surface area contributed by atoms with E-state index in [1.165, 1.54) is 10.9 Å². The largest absolute Gasteiger partial charge is 0.366 e. The molecule has 3 aromatic heterocycles. The smallest absolute Gasteiger partial charge is 0.251 e. The summed E-state index contributed by atoms with van der Waals surface area (Å²) in [5.74, 6) is 11.8. The van der Waals surface area contributed by atoms with Crippen LogP contribution in [0.3, 0.4) is 0 Å². The number of carbonyl (C=O) groups excluding carboxylic acids is 1. The van der Waals surface area contributed by atoms with Gasteiger partial charge in [0, 0.05) is 46.9 Å². The predicted molar refractivity (Wildman–Crippen MR) is 141 cm³/mol. The minimum Gasteiger partial charge on any atom is -0.366 e. The fraction of sp³-hybridized carbons (Fsp3) is 0.0690. The molecule has 0 saturated carbocycles. The van der Waals surface area contributed by atoms with Gasteiger partial charge in [-0.2, -0.15) is 5.10 Å². The van der Waals surface area contributed by atoms with Crippen LogP contribution in [0, 0.1) is 47.7 Å². The molecule has 6 nitrogen and oxygen atoms in total. The average molecular weight is 524 g/mol. The van der Waals surface area contributed by atoms with Crippen LogP contribution in [0.4, 0.5) is 8.78 Å². The first-order valence-electron chi connectivity index (χ1n) is 11.2. The van der Waals surface area contributed by atoms with Crippen LogP contribution in [0.2, 0.25) is 5.02 Å².